The van der Waals surface area contributed by atoms with Gasteiger partial charge in [0.25, 0.3) is 0 Å². The molecule has 1 aromatic carbocycles. The van der Waals surface area contributed by atoms with Crippen LogP contribution in [0, 0.1) is 13.8 Å². The quantitative estimate of drug-likeness (QED) is 0.630. The normalized spacial score (nSPS) is 24.7. The first-order valence-corrected chi connectivity index (χ1v) is 5.98. The van der Waals surface area contributed by atoms with Crippen LogP contribution in [0.2, 0.25) is 0 Å². The van der Waals surface area contributed by atoms with Crippen LogP contribution < -0.4 is 5.32 Å². The number of rotatable bonds is 1. The SMILES string of the molecule is Cc1ccc(C2C(=O)NC(=O)C2Br)c(C)c1. The van der Waals surface area contributed by atoms with E-state index in [1.807, 2.05) is 32.0 Å². The maximum atomic E-state index is 11.7. The van der Waals surface area contributed by atoms with Gasteiger partial charge in [-0.25, -0.2) is 0 Å². The maximum Gasteiger partial charge on any atom is 0.241 e. The second-order valence-electron chi connectivity index (χ2n) is 4.09. The fourth-order valence-electron chi connectivity index (χ4n) is 2.03. The van der Waals surface area contributed by atoms with E-state index in [1.165, 1.54) is 0 Å². The summed E-state index contributed by atoms with van der Waals surface area (Å²) in [7, 11) is 0. The topological polar surface area (TPSA) is 46.2 Å². The number of imide groups is 1. The highest BCUT2D eigenvalue weighted by atomic mass is 79.9. The van der Waals surface area contributed by atoms with E-state index in [1.54, 1.807) is 0 Å². The summed E-state index contributed by atoms with van der Waals surface area (Å²) in [5.74, 6) is -0.887. The Bertz CT molecular complexity index is 470. The number of nitrogens with one attached hydrogen (secondary N) is 1. The lowest BCUT2D eigenvalue weighted by Crippen LogP contribution is -2.22. The smallest absolute Gasteiger partial charge is 0.241 e. The summed E-state index contributed by atoms with van der Waals surface area (Å²) in [5, 5.41) is 2.33. The van der Waals surface area contributed by atoms with Crippen molar-refractivity contribution in [3.05, 3.63) is 34.9 Å². The third kappa shape index (κ3) is 1.78. The molecule has 2 atom stereocenters. The summed E-state index contributed by atoms with van der Waals surface area (Å²) >= 11 is 3.27. The number of carbonyl (C=O) groups is 2. The molecule has 0 aromatic heterocycles. The minimum Gasteiger partial charge on any atom is -0.295 e. The van der Waals surface area contributed by atoms with E-state index in [0.717, 1.165) is 16.7 Å². The van der Waals surface area contributed by atoms with Gasteiger partial charge in [-0.05, 0) is 25.0 Å². The Labute approximate surface area is 102 Å². The third-order valence-electron chi connectivity index (χ3n) is 2.83. The van der Waals surface area contributed by atoms with Gasteiger partial charge in [-0.15, -0.1) is 0 Å². The van der Waals surface area contributed by atoms with E-state index < -0.39 is 10.7 Å². The number of halogens is 1. The summed E-state index contributed by atoms with van der Waals surface area (Å²) < 4.78 is 0. The molecule has 2 amide bonds. The zero-order valence-electron chi connectivity index (χ0n) is 9.08. The van der Waals surface area contributed by atoms with Crippen LogP contribution in [-0.2, 0) is 9.59 Å². The highest BCUT2D eigenvalue weighted by molar-refractivity contribution is 9.10. The highest BCUT2D eigenvalue weighted by Gasteiger charge is 2.41. The van der Waals surface area contributed by atoms with Crippen LogP contribution in [0.5, 0.6) is 0 Å². The third-order valence-corrected chi connectivity index (χ3v) is 3.78. The molecule has 2 unspecified atom stereocenters. The van der Waals surface area contributed by atoms with E-state index >= 15 is 0 Å². The Morgan fingerprint density at radius 2 is 1.88 bits per heavy atom. The molecule has 1 heterocycles. The number of aryl methyl sites for hydroxylation is 2. The summed E-state index contributed by atoms with van der Waals surface area (Å²) in [6.07, 6.45) is 0. The molecule has 0 saturated carbocycles. The van der Waals surface area contributed by atoms with Gasteiger partial charge in [0, 0.05) is 0 Å². The first kappa shape index (κ1) is 11.3. The highest BCUT2D eigenvalue weighted by Crippen LogP contribution is 2.32. The van der Waals surface area contributed by atoms with Crippen molar-refractivity contribution in [3.8, 4) is 0 Å². The fraction of sp³-hybridized carbons (Fsp3) is 0.333. The number of carbonyl (C=O) groups excluding carboxylic acids is 2. The van der Waals surface area contributed by atoms with Crippen molar-refractivity contribution in [2.45, 2.75) is 24.6 Å². The fourth-order valence-corrected chi connectivity index (χ4v) is 2.67. The summed E-state index contributed by atoms with van der Waals surface area (Å²) in [5.41, 5.74) is 3.10. The number of alkyl halides is 1. The average molecular weight is 282 g/mol. The molecule has 1 aliphatic rings. The van der Waals surface area contributed by atoms with Crippen LogP contribution >= 0.6 is 15.9 Å². The lowest BCUT2D eigenvalue weighted by molar-refractivity contribution is -0.125. The minimum absolute atomic E-state index is 0.223. The Balaban J connectivity index is 2.44. The molecule has 0 spiro atoms. The molecule has 3 nitrogen and oxygen atoms in total. The number of hydrogen-bond donors (Lipinski definition) is 1. The average Bonchev–Trinajstić information content (AvgIpc) is 2.43. The Hall–Kier alpha value is -1.16. The predicted octanol–water partition coefficient (Wildman–Crippen LogP) is 1.81. The van der Waals surface area contributed by atoms with Gasteiger partial charge in [0.05, 0.1) is 5.92 Å². The van der Waals surface area contributed by atoms with Crippen LogP contribution in [0.1, 0.15) is 22.6 Å². The van der Waals surface area contributed by atoms with Crippen molar-refractivity contribution in [2.24, 2.45) is 0 Å². The van der Waals surface area contributed by atoms with Crippen LogP contribution in [-0.4, -0.2) is 16.6 Å². The molecule has 1 fully saturated rings. The van der Waals surface area contributed by atoms with Gasteiger partial charge in [-0.1, -0.05) is 39.7 Å². The molecule has 1 saturated heterocycles. The van der Waals surface area contributed by atoms with Gasteiger partial charge in [0.2, 0.25) is 11.8 Å². The van der Waals surface area contributed by atoms with E-state index in [2.05, 4.69) is 21.2 Å². The first-order chi connectivity index (χ1) is 7.50. The monoisotopic (exact) mass is 281 g/mol. The maximum absolute atomic E-state index is 11.7. The summed E-state index contributed by atoms with van der Waals surface area (Å²) in [6.45, 7) is 3.96. The van der Waals surface area contributed by atoms with Crippen LogP contribution in [0.3, 0.4) is 0 Å². The summed E-state index contributed by atoms with van der Waals surface area (Å²) in [4.78, 5) is 22.6. The second-order valence-corrected chi connectivity index (χ2v) is 5.08. The van der Waals surface area contributed by atoms with Crippen molar-refractivity contribution in [1.29, 1.82) is 0 Å². The molecule has 4 heteroatoms. The Morgan fingerprint density at radius 1 is 1.19 bits per heavy atom. The molecule has 84 valence electrons. The molecule has 2 rings (SSSR count). The second kappa shape index (κ2) is 4.01. The van der Waals surface area contributed by atoms with Gasteiger partial charge < -0.3 is 0 Å². The van der Waals surface area contributed by atoms with E-state index in [9.17, 15) is 9.59 Å². The molecule has 0 radical (unpaired) electrons. The lowest BCUT2D eigenvalue weighted by atomic mass is 9.92. The number of benzene rings is 1. The van der Waals surface area contributed by atoms with E-state index in [4.69, 9.17) is 0 Å². The largest absolute Gasteiger partial charge is 0.295 e. The van der Waals surface area contributed by atoms with E-state index in [-0.39, 0.29) is 11.8 Å². The zero-order chi connectivity index (χ0) is 11.9. The molecule has 16 heavy (non-hydrogen) atoms. The minimum atomic E-state index is -0.457. The van der Waals surface area contributed by atoms with Gasteiger partial charge in [-0.2, -0.15) is 0 Å². The van der Waals surface area contributed by atoms with Crippen molar-refractivity contribution in [1.82, 2.24) is 5.32 Å². The van der Waals surface area contributed by atoms with Gasteiger partial charge in [-0.3, -0.25) is 14.9 Å². The van der Waals surface area contributed by atoms with Crippen molar-refractivity contribution in [3.63, 3.8) is 0 Å². The van der Waals surface area contributed by atoms with Crippen molar-refractivity contribution < 1.29 is 9.59 Å². The van der Waals surface area contributed by atoms with Crippen molar-refractivity contribution >= 4 is 27.7 Å². The van der Waals surface area contributed by atoms with Gasteiger partial charge >= 0.3 is 0 Å². The van der Waals surface area contributed by atoms with Crippen molar-refractivity contribution in [2.75, 3.05) is 0 Å². The van der Waals surface area contributed by atoms with Crippen LogP contribution in [0.25, 0.3) is 0 Å². The van der Waals surface area contributed by atoms with Gasteiger partial charge in [0.1, 0.15) is 4.83 Å². The van der Waals surface area contributed by atoms with Gasteiger partial charge in [0.15, 0.2) is 0 Å². The van der Waals surface area contributed by atoms with Crippen LogP contribution in [0.15, 0.2) is 18.2 Å². The zero-order valence-corrected chi connectivity index (χ0v) is 10.7. The lowest BCUT2D eigenvalue weighted by Gasteiger charge is -2.13. The van der Waals surface area contributed by atoms with Crippen LogP contribution in [0.4, 0.5) is 0 Å². The molecule has 0 bridgehead atoms. The molecule has 1 aliphatic heterocycles. The number of amides is 2. The molecular formula is C12H12BrNO2. The molecule has 1 aromatic rings. The predicted molar refractivity (Wildman–Crippen MR) is 64.5 cm³/mol. The number of hydrogen-bond acceptors (Lipinski definition) is 2. The van der Waals surface area contributed by atoms with E-state index in [0.29, 0.717) is 0 Å². The molecular weight excluding hydrogens is 270 g/mol. The standard InChI is InChI=1S/C12H12BrNO2/c1-6-3-4-8(7(2)5-6)9-10(13)12(16)14-11(9)15/h3-5,9-10H,1-2H3,(H,14,15,16). The Kier molecular flexibility index (Phi) is 2.84. The Morgan fingerprint density at radius 3 is 2.38 bits per heavy atom. The summed E-state index contributed by atoms with van der Waals surface area (Å²) in [6, 6.07) is 5.89. The first-order valence-electron chi connectivity index (χ1n) is 5.06. The molecule has 1 N–H and O–H groups in total. The molecule has 0 aliphatic carbocycles.